The molecule has 1 fully saturated rings. The molecule has 2 rings (SSSR count). The first kappa shape index (κ1) is 10.2. The predicted octanol–water partition coefficient (Wildman–Crippen LogP) is 2.68. The van der Waals surface area contributed by atoms with Gasteiger partial charge in [-0.15, -0.1) is 0 Å². The minimum absolute atomic E-state index is 0.322. The largest absolute Gasteiger partial charge is 0.508 e. The molecule has 0 aliphatic heterocycles. The van der Waals surface area contributed by atoms with Crippen molar-refractivity contribution >= 4 is 6.08 Å². The van der Waals surface area contributed by atoms with Gasteiger partial charge in [0.25, 0.3) is 0 Å². The van der Waals surface area contributed by atoms with Crippen molar-refractivity contribution in [1.82, 2.24) is 0 Å². The van der Waals surface area contributed by atoms with Gasteiger partial charge in [0.1, 0.15) is 5.75 Å². The molecule has 80 valence electrons. The normalized spacial score (nSPS) is 24.3. The van der Waals surface area contributed by atoms with Gasteiger partial charge in [-0.2, -0.15) is 0 Å². The van der Waals surface area contributed by atoms with Gasteiger partial charge in [-0.3, -0.25) is 0 Å². The van der Waals surface area contributed by atoms with E-state index < -0.39 is 0 Å². The lowest BCUT2D eigenvalue weighted by molar-refractivity contribution is 0.475. The summed E-state index contributed by atoms with van der Waals surface area (Å²) in [7, 11) is 0. The minimum atomic E-state index is 0.322. The number of hydrogen-bond donors (Lipinski definition) is 2. The SMILES string of the molecule is NC1CCCC(=Cc2cccc(O)c2)C1. The van der Waals surface area contributed by atoms with Gasteiger partial charge in [-0.1, -0.05) is 23.8 Å². The van der Waals surface area contributed by atoms with Crippen LogP contribution in [0.15, 0.2) is 29.8 Å². The standard InChI is InChI=1S/C13H17NO/c14-12-5-1-3-10(8-12)7-11-4-2-6-13(15)9-11/h2,4,6-7,9,12,15H,1,3,5,8,14H2. The summed E-state index contributed by atoms with van der Waals surface area (Å²) in [5, 5.41) is 9.34. The summed E-state index contributed by atoms with van der Waals surface area (Å²) in [5.41, 5.74) is 8.39. The fourth-order valence-corrected chi connectivity index (χ4v) is 2.11. The zero-order valence-electron chi connectivity index (χ0n) is 8.82. The molecule has 0 bridgehead atoms. The lowest BCUT2D eigenvalue weighted by atomic mass is 9.90. The summed E-state index contributed by atoms with van der Waals surface area (Å²) < 4.78 is 0. The summed E-state index contributed by atoms with van der Waals surface area (Å²) in [4.78, 5) is 0. The lowest BCUT2D eigenvalue weighted by Crippen LogP contribution is -2.23. The van der Waals surface area contributed by atoms with Crippen LogP contribution in [0.3, 0.4) is 0 Å². The zero-order valence-corrected chi connectivity index (χ0v) is 8.82. The molecule has 0 aromatic heterocycles. The molecule has 1 aromatic rings. The molecule has 3 N–H and O–H groups in total. The Morgan fingerprint density at radius 1 is 1.40 bits per heavy atom. The van der Waals surface area contributed by atoms with Gasteiger partial charge >= 0.3 is 0 Å². The van der Waals surface area contributed by atoms with E-state index >= 15 is 0 Å². The average Bonchev–Trinajstić information content (AvgIpc) is 2.17. The van der Waals surface area contributed by atoms with Crippen molar-refractivity contribution in [2.75, 3.05) is 0 Å². The minimum Gasteiger partial charge on any atom is -0.508 e. The number of phenolic OH excluding ortho intramolecular Hbond substituents is 1. The number of aromatic hydroxyl groups is 1. The number of rotatable bonds is 1. The Morgan fingerprint density at radius 2 is 2.27 bits per heavy atom. The molecule has 0 amide bonds. The van der Waals surface area contributed by atoms with E-state index in [9.17, 15) is 5.11 Å². The van der Waals surface area contributed by atoms with Crippen LogP contribution in [-0.2, 0) is 0 Å². The third-order valence-corrected chi connectivity index (χ3v) is 2.84. The Labute approximate surface area is 90.4 Å². The summed E-state index contributed by atoms with van der Waals surface area (Å²) in [6.45, 7) is 0. The first-order valence-electron chi connectivity index (χ1n) is 5.48. The van der Waals surface area contributed by atoms with Crippen LogP contribution in [0.25, 0.3) is 6.08 Å². The van der Waals surface area contributed by atoms with E-state index in [2.05, 4.69) is 6.08 Å². The summed E-state index contributed by atoms with van der Waals surface area (Å²) in [6.07, 6.45) is 6.61. The summed E-state index contributed by atoms with van der Waals surface area (Å²) in [6, 6.07) is 7.67. The lowest BCUT2D eigenvalue weighted by Gasteiger charge is -2.20. The molecule has 0 heterocycles. The average molecular weight is 203 g/mol. The second-order valence-electron chi connectivity index (χ2n) is 4.25. The van der Waals surface area contributed by atoms with Crippen molar-refractivity contribution in [3.63, 3.8) is 0 Å². The Balaban J connectivity index is 2.15. The predicted molar refractivity (Wildman–Crippen MR) is 62.5 cm³/mol. The monoisotopic (exact) mass is 203 g/mol. The van der Waals surface area contributed by atoms with Gasteiger partial charge in [0.2, 0.25) is 0 Å². The quantitative estimate of drug-likeness (QED) is 0.737. The molecular formula is C13H17NO. The molecule has 0 spiro atoms. The molecule has 0 radical (unpaired) electrons. The van der Waals surface area contributed by atoms with Gasteiger partial charge in [-0.25, -0.2) is 0 Å². The highest BCUT2D eigenvalue weighted by Crippen LogP contribution is 2.25. The van der Waals surface area contributed by atoms with Crippen LogP contribution in [-0.4, -0.2) is 11.1 Å². The summed E-state index contributed by atoms with van der Waals surface area (Å²) in [5.74, 6) is 0.324. The maximum atomic E-state index is 9.34. The maximum Gasteiger partial charge on any atom is 0.116 e. The van der Waals surface area contributed by atoms with Gasteiger partial charge in [0, 0.05) is 6.04 Å². The molecule has 1 unspecified atom stereocenters. The Bertz CT molecular complexity index is 371. The van der Waals surface area contributed by atoms with E-state index in [1.165, 1.54) is 12.0 Å². The highest BCUT2D eigenvalue weighted by atomic mass is 16.3. The molecule has 1 aliphatic rings. The van der Waals surface area contributed by atoms with Crippen LogP contribution >= 0.6 is 0 Å². The molecule has 2 heteroatoms. The number of nitrogens with two attached hydrogens (primary N) is 1. The second-order valence-corrected chi connectivity index (χ2v) is 4.25. The van der Waals surface area contributed by atoms with Gasteiger partial charge in [0.15, 0.2) is 0 Å². The molecule has 2 nitrogen and oxygen atoms in total. The fraction of sp³-hybridized carbons (Fsp3) is 0.385. The third kappa shape index (κ3) is 2.83. The van der Waals surface area contributed by atoms with Crippen LogP contribution in [0.2, 0.25) is 0 Å². The Morgan fingerprint density at radius 3 is 3.00 bits per heavy atom. The van der Waals surface area contributed by atoms with E-state index in [0.717, 1.165) is 24.8 Å². The highest BCUT2D eigenvalue weighted by Gasteiger charge is 2.12. The van der Waals surface area contributed by atoms with Crippen LogP contribution in [0.5, 0.6) is 5.75 Å². The first-order chi connectivity index (χ1) is 7.24. The third-order valence-electron chi connectivity index (χ3n) is 2.84. The van der Waals surface area contributed by atoms with Gasteiger partial charge < -0.3 is 10.8 Å². The highest BCUT2D eigenvalue weighted by molar-refractivity contribution is 5.55. The maximum absolute atomic E-state index is 9.34. The topological polar surface area (TPSA) is 46.2 Å². The second kappa shape index (κ2) is 4.49. The number of benzene rings is 1. The van der Waals surface area contributed by atoms with Crippen molar-refractivity contribution in [3.8, 4) is 5.75 Å². The molecular weight excluding hydrogens is 186 g/mol. The van der Waals surface area contributed by atoms with Gasteiger partial charge in [0.05, 0.1) is 0 Å². The molecule has 15 heavy (non-hydrogen) atoms. The van der Waals surface area contributed by atoms with E-state index in [0.29, 0.717) is 11.8 Å². The molecule has 1 atom stereocenters. The Hall–Kier alpha value is -1.28. The van der Waals surface area contributed by atoms with Crippen LogP contribution in [0, 0.1) is 0 Å². The van der Waals surface area contributed by atoms with E-state index in [1.807, 2.05) is 12.1 Å². The van der Waals surface area contributed by atoms with Crippen LogP contribution in [0.4, 0.5) is 0 Å². The van der Waals surface area contributed by atoms with E-state index in [4.69, 9.17) is 5.73 Å². The van der Waals surface area contributed by atoms with Crippen molar-refractivity contribution in [2.45, 2.75) is 31.7 Å². The van der Waals surface area contributed by atoms with Crippen LogP contribution < -0.4 is 5.73 Å². The molecule has 0 saturated heterocycles. The van der Waals surface area contributed by atoms with E-state index in [1.54, 1.807) is 12.1 Å². The number of phenols is 1. The van der Waals surface area contributed by atoms with Crippen molar-refractivity contribution in [1.29, 1.82) is 0 Å². The smallest absolute Gasteiger partial charge is 0.116 e. The molecule has 1 aromatic carbocycles. The van der Waals surface area contributed by atoms with Crippen molar-refractivity contribution in [2.24, 2.45) is 5.73 Å². The number of hydrogen-bond acceptors (Lipinski definition) is 2. The van der Waals surface area contributed by atoms with Gasteiger partial charge in [-0.05, 0) is 43.4 Å². The first-order valence-corrected chi connectivity index (χ1v) is 5.48. The fourth-order valence-electron chi connectivity index (χ4n) is 2.11. The van der Waals surface area contributed by atoms with Crippen LogP contribution in [0.1, 0.15) is 31.2 Å². The Kier molecular flexibility index (Phi) is 3.07. The van der Waals surface area contributed by atoms with Crippen molar-refractivity contribution in [3.05, 3.63) is 35.4 Å². The molecule has 1 aliphatic carbocycles. The van der Waals surface area contributed by atoms with E-state index in [-0.39, 0.29) is 0 Å². The molecule has 1 saturated carbocycles. The van der Waals surface area contributed by atoms with Crippen molar-refractivity contribution < 1.29 is 5.11 Å². The summed E-state index contributed by atoms with van der Waals surface area (Å²) >= 11 is 0. The zero-order chi connectivity index (χ0) is 10.7.